The zero-order valence-electron chi connectivity index (χ0n) is 31.2. The fraction of sp³-hybridized carbons (Fsp3) is 0.946. The Kier molecular flexibility index (Phi) is 14.8. The van der Waals surface area contributed by atoms with Gasteiger partial charge in [-0.3, -0.25) is 0 Å². The lowest BCUT2D eigenvalue weighted by Gasteiger charge is -2.41. The second kappa shape index (κ2) is 17.4. The number of rotatable bonds is 18. The van der Waals surface area contributed by atoms with Crippen LogP contribution < -0.4 is 0 Å². The molecule has 0 spiro atoms. The van der Waals surface area contributed by atoms with Gasteiger partial charge in [-0.05, 0) is 61.2 Å². The van der Waals surface area contributed by atoms with Crippen molar-refractivity contribution < 1.29 is 42.2 Å². The lowest BCUT2D eigenvalue weighted by molar-refractivity contribution is -0.883. The molecule has 9 heteroatoms. The molecule has 0 aromatic carbocycles. The third kappa shape index (κ3) is 12.6. The molecule has 3 fully saturated rings. The van der Waals surface area contributed by atoms with Gasteiger partial charge in [-0.15, -0.1) is 0 Å². The van der Waals surface area contributed by atoms with Gasteiger partial charge in [0.2, 0.25) is 0 Å². The van der Waals surface area contributed by atoms with Crippen LogP contribution in [0, 0.1) is 40.9 Å². The maximum absolute atomic E-state index is 12.9. The van der Waals surface area contributed by atoms with Crippen molar-refractivity contribution in [2.24, 2.45) is 40.9 Å². The lowest BCUT2D eigenvalue weighted by Crippen LogP contribution is -2.52. The standard InChI is InChI=1S/C37H70N2O7/c1-27(2)31-13-11-29(5)19-33(31)45-35(40)21-38(7,8)15-17-42-23-37(25-44-26-37)24-43-18-16-39(9,10)22-36(41)46-34-20-30(6)12-14-32(34)28(3)4/h27-34H,11-26H2,1-10H3/q+2/t29-,30+,31-,32+,33-,34-/m1/s1. The SMILES string of the molecule is CC(C)[C@H]1CC[C@@H](C)C[C@H]1OC(=O)C[N+](C)(C)CCOCC1(COCC[N+](C)(C)CC(=O)O[C@@H]2C[C@@H](C)CC[C@H]2C(C)C)COC1. The van der Waals surface area contributed by atoms with Crippen molar-refractivity contribution in [3.63, 3.8) is 0 Å². The molecule has 0 aromatic heterocycles. The first-order valence-corrected chi connectivity index (χ1v) is 18.3. The number of likely N-dealkylation sites (N-methyl/N-ethyl adjacent to an activating group) is 2. The Morgan fingerprint density at radius 2 is 1.09 bits per heavy atom. The summed E-state index contributed by atoms with van der Waals surface area (Å²) in [5.41, 5.74) is -0.140. The van der Waals surface area contributed by atoms with Gasteiger partial charge in [0.05, 0.1) is 73.2 Å². The maximum atomic E-state index is 12.9. The van der Waals surface area contributed by atoms with Gasteiger partial charge in [-0.25, -0.2) is 9.59 Å². The highest BCUT2D eigenvalue weighted by Crippen LogP contribution is 2.36. The summed E-state index contributed by atoms with van der Waals surface area (Å²) in [6.45, 7) is 19.1. The van der Waals surface area contributed by atoms with E-state index < -0.39 is 0 Å². The Labute approximate surface area is 281 Å². The summed E-state index contributed by atoms with van der Waals surface area (Å²) in [6, 6.07) is 0. The van der Waals surface area contributed by atoms with Crippen LogP contribution in [0.5, 0.6) is 0 Å². The minimum absolute atomic E-state index is 0.0344. The van der Waals surface area contributed by atoms with E-state index >= 15 is 0 Å². The predicted molar refractivity (Wildman–Crippen MR) is 181 cm³/mol. The van der Waals surface area contributed by atoms with Crippen molar-refractivity contribution in [1.82, 2.24) is 0 Å². The molecule has 268 valence electrons. The number of hydrogen-bond acceptors (Lipinski definition) is 7. The number of esters is 2. The molecule has 0 bridgehead atoms. The zero-order valence-corrected chi connectivity index (χ0v) is 31.2. The van der Waals surface area contributed by atoms with Crippen LogP contribution in [0.1, 0.15) is 80.1 Å². The van der Waals surface area contributed by atoms with Crippen LogP contribution in [0.2, 0.25) is 0 Å². The fourth-order valence-electron chi connectivity index (χ4n) is 7.57. The highest BCUT2D eigenvalue weighted by Gasteiger charge is 2.40. The molecule has 0 N–H and O–H groups in total. The molecular formula is C37H70N2O7+2. The average molecular weight is 655 g/mol. The summed E-state index contributed by atoms with van der Waals surface area (Å²) in [6.07, 6.45) is 6.74. The number of quaternary nitrogens is 2. The Bertz CT molecular complexity index is 878. The quantitative estimate of drug-likeness (QED) is 0.114. The molecular weight excluding hydrogens is 584 g/mol. The predicted octanol–water partition coefficient (Wildman–Crippen LogP) is 5.20. The van der Waals surface area contributed by atoms with Crippen LogP contribution in [0.4, 0.5) is 0 Å². The Morgan fingerprint density at radius 1 is 0.696 bits per heavy atom. The van der Waals surface area contributed by atoms with E-state index in [1.807, 2.05) is 0 Å². The van der Waals surface area contributed by atoms with Gasteiger partial charge in [0.25, 0.3) is 0 Å². The first kappa shape index (κ1) is 39.2. The van der Waals surface area contributed by atoms with Gasteiger partial charge in [0, 0.05) is 0 Å². The molecule has 2 saturated carbocycles. The van der Waals surface area contributed by atoms with Gasteiger partial charge in [0.15, 0.2) is 13.1 Å². The summed E-state index contributed by atoms with van der Waals surface area (Å²) in [5.74, 6) is 2.96. The molecule has 0 amide bonds. The largest absolute Gasteiger partial charge is 0.458 e. The number of carbonyl (C=O) groups excluding carboxylic acids is 2. The summed E-state index contributed by atoms with van der Waals surface area (Å²) >= 11 is 0. The van der Waals surface area contributed by atoms with Crippen LogP contribution in [-0.4, -0.2) is 127 Å². The highest BCUT2D eigenvalue weighted by atomic mass is 16.6. The molecule has 0 radical (unpaired) electrons. The van der Waals surface area contributed by atoms with E-state index in [1.165, 1.54) is 12.8 Å². The van der Waals surface area contributed by atoms with Crippen LogP contribution >= 0.6 is 0 Å². The van der Waals surface area contributed by atoms with E-state index in [4.69, 9.17) is 23.7 Å². The minimum Gasteiger partial charge on any atom is -0.458 e. The van der Waals surface area contributed by atoms with E-state index in [-0.39, 0.29) is 29.6 Å². The first-order chi connectivity index (χ1) is 21.5. The molecule has 46 heavy (non-hydrogen) atoms. The zero-order chi connectivity index (χ0) is 34.1. The molecule has 0 aromatic rings. The smallest absolute Gasteiger partial charge is 0.362 e. The Hall–Kier alpha value is -1.26. The van der Waals surface area contributed by atoms with Crippen molar-refractivity contribution in [1.29, 1.82) is 0 Å². The van der Waals surface area contributed by atoms with Crippen LogP contribution in [-0.2, 0) is 33.3 Å². The van der Waals surface area contributed by atoms with E-state index in [1.54, 1.807) is 0 Å². The normalized spacial score (nSPS) is 28.6. The van der Waals surface area contributed by atoms with Gasteiger partial charge < -0.3 is 32.7 Å². The van der Waals surface area contributed by atoms with Crippen molar-refractivity contribution in [2.45, 2.75) is 92.3 Å². The second-order valence-corrected chi connectivity index (χ2v) is 17.4. The van der Waals surface area contributed by atoms with Crippen LogP contribution in [0.3, 0.4) is 0 Å². The van der Waals surface area contributed by atoms with Crippen LogP contribution in [0.15, 0.2) is 0 Å². The van der Waals surface area contributed by atoms with E-state index in [2.05, 4.69) is 69.7 Å². The third-order valence-electron chi connectivity index (χ3n) is 10.9. The molecule has 0 unspecified atom stereocenters. The topological polar surface area (TPSA) is 80.3 Å². The van der Waals surface area contributed by atoms with Gasteiger partial charge >= 0.3 is 11.9 Å². The van der Waals surface area contributed by atoms with Crippen LogP contribution in [0.25, 0.3) is 0 Å². The van der Waals surface area contributed by atoms with Gasteiger partial charge in [-0.1, -0.05) is 54.4 Å². The fourth-order valence-corrected chi connectivity index (χ4v) is 7.57. The molecule has 3 rings (SSSR count). The monoisotopic (exact) mass is 655 g/mol. The van der Waals surface area contributed by atoms with Crippen molar-refractivity contribution in [3.05, 3.63) is 0 Å². The Morgan fingerprint density at radius 3 is 1.41 bits per heavy atom. The average Bonchev–Trinajstić information content (AvgIpc) is 2.90. The minimum atomic E-state index is -0.140. The van der Waals surface area contributed by atoms with Gasteiger partial charge in [-0.2, -0.15) is 0 Å². The Balaban J connectivity index is 1.33. The second-order valence-electron chi connectivity index (χ2n) is 17.4. The number of hydrogen-bond donors (Lipinski definition) is 0. The summed E-state index contributed by atoms with van der Waals surface area (Å²) in [4.78, 5) is 25.9. The highest BCUT2D eigenvalue weighted by molar-refractivity contribution is 5.71. The summed E-state index contributed by atoms with van der Waals surface area (Å²) < 4.78 is 31.0. The maximum Gasteiger partial charge on any atom is 0.362 e. The number of ether oxygens (including phenoxy) is 5. The van der Waals surface area contributed by atoms with Crippen molar-refractivity contribution in [3.8, 4) is 0 Å². The van der Waals surface area contributed by atoms with E-state index in [0.29, 0.717) is 97.2 Å². The lowest BCUT2D eigenvalue weighted by atomic mass is 9.75. The molecule has 6 atom stereocenters. The van der Waals surface area contributed by atoms with Crippen molar-refractivity contribution >= 4 is 11.9 Å². The molecule has 1 aliphatic heterocycles. The van der Waals surface area contributed by atoms with E-state index in [9.17, 15) is 9.59 Å². The number of nitrogens with zero attached hydrogens (tertiary/aromatic N) is 2. The summed E-state index contributed by atoms with van der Waals surface area (Å²) in [5, 5.41) is 0. The van der Waals surface area contributed by atoms with E-state index in [0.717, 1.165) is 38.8 Å². The first-order valence-electron chi connectivity index (χ1n) is 18.3. The molecule has 1 saturated heterocycles. The van der Waals surface area contributed by atoms with Crippen molar-refractivity contribution in [2.75, 3.05) is 94.0 Å². The molecule has 9 nitrogen and oxygen atoms in total. The summed E-state index contributed by atoms with van der Waals surface area (Å²) in [7, 11) is 8.25. The van der Waals surface area contributed by atoms with Gasteiger partial charge in [0.1, 0.15) is 25.3 Å². The molecule has 1 heterocycles. The molecule has 3 aliphatic rings. The molecule has 2 aliphatic carbocycles. The third-order valence-corrected chi connectivity index (χ3v) is 10.9. The number of carbonyl (C=O) groups is 2.